The largest absolute Gasteiger partial charge is 0.383 e. The number of carbonyl (C=O) groups is 1. The molecule has 0 fully saturated rings. The standard InChI is InChI=1S/C15H22N2O/c1-4-11(2)16-15-6-5-14-10-17(12(3)18)8-7-13(14)9-15/h5-6,9,11,16H,4,7-8,10H2,1-3H3. The second kappa shape index (κ2) is 5.42. The first kappa shape index (κ1) is 12.9. The summed E-state index contributed by atoms with van der Waals surface area (Å²) in [4.78, 5) is 13.3. The molecule has 0 spiro atoms. The van der Waals surface area contributed by atoms with Crippen LogP contribution in [0.15, 0.2) is 18.2 Å². The molecule has 98 valence electrons. The number of hydrogen-bond donors (Lipinski definition) is 1. The summed E-state index contributed by atoms with van der Waals surface area (Å²) in [7, 11) is 0. The van der Waals surface area contributed by atoms with Gasteiger partial charge in [-0.1, -0.05) is 13.0 Å². The molecule has 1 N–H and O–H groups in total. The summed E-state index contributed by atoms with van der Waals surface area (Å²) < 4.78 is 0. The van der Waals surface area contributed by atoms with E-state index in [-0.39, 0.29) is 5.91 Å². The van der Waals surface area contributed by atoms with Crippen LogP contribution in [-0.2, 0) is 17.8 Å². The Kier molecular flexibility index (Phi) is 3.90. The second-order valence-corrected chi connectivity index (χ2v) is 5.13. The van der Waals surface area contributed by atoms with Crippen molar-refractivity contribution in [2.24, 2.45) is 0 Å². The molecular formula is C15H22N2O. The van der Waals surface area contributed by atoms with Gasteiger partial charge in [0.15, 0.2) is 0 Å². The minimum atomic E-state index is 0.169. The monoisotopic (exact) mass is 246 g/mol. The molecule has 0 aliphatic carbocycles. The molecule has 0 bridgehead atoms. The number of nitrogens with zero attached hydrogens (tertiary/aromatic N) is 1. The molecule has 1 atom stereocenters. The van der Waals surface area contributed by atoms with Crippen molar-refractivity contribution < 1.29 is 4.79 Å². The third-order valence-corrected chi connectivity index (χ3v) is 3.69. The molecule has 1 aliphatic heterocycles. The minimum Gasteiger partial charge on any atom is -0.383 e. The van der Waals surface area contributed by atoms with Gasteiger partial charge < -0.3 is 10.2 Å². The van der Waals surface area contributed by atoms with E-state index in [0.717, 1.165) is 25.9 Å². The van der Waals surface area contributed by atoms with Gasteiger partial charge in [0.25, 0.3) is 0 Å². The second-order valence-electron chi connectivity index (χ2n) is 5.13. The fourth-order valence-corrected chi connectivity index (χ4v) is 2.30. The molecule has 1 unspecified atom stereocenters. The maximum atomic E-state index is 11.4. The summed E-state index contributed by atoms with van der Waals surface area (Å²) in [6.45, 7) is 7.62. The van der Waals surface area contributed by atoms with E-state index in [1.165, 1.54) is 16.8 Å². The van der Waals surface area contributed by atoms with E-state index in [9.17, 15) is 4.79 Å². The quantitative estimate of drug-likeness (QED) is 0.889. The van der Waals surface area contributed by atoms with Gasteiger partial charge in [-0.25, -0.2) is 0 Å². The Bertz CT molecular complexity index is 442. The molecule has 1 aromatic carbocycles. The van der Waals surface area contributed by atoms with Crippen LogP contribution in [0.3, 0.4) is 0 Å². The van der Waals surface area contributed by atoms with Gasteiger partial charge in [-0.2, -0.15) is 0 Å². The summed E-state index contributed by atoms with van der Waals surface area (Å²) in [6.07, 6.45) is 2.08. The third-order valence-electron chi connectivity index (χ3n) is 3.69. The number of amides is 1. The van der Waals surface area contributed by atoms with Crippen molar-refractivity contribution >= 4 is 11.6 Å². The van der Waals surface area contributed by atoms with Crippen molar-refractivity contribution in [3.05, 3.63) is 29.3 Å². The molecule has 1 aliphatic rings. The van der Waals surface area contributed by atoms with Crippen molar-refractivity contribution in [3.8, 4) is 0 Å². The van der Waals surface area contributed by atoms with Gasteiger partial charge >= 0.3 is 0 Å². The van der Waals surface area contributed by atoms with E-state index in [2.05, 4.69) is 37.4 Å². The van der Waals surface area contributed by atoms with Crippen molar-refractivity contribution in [2.75, 3.05) is 11.9 Å². The van der Waals surface area contributed by atoms with Crippen LogP contribution in [0.5, 0.6) is 0 Å². The smallest absolute Gasteiger partial charge is 0.219 e. The van der Waals surface area contributed by atoms with Gasteiger partial charge in [-0.15, -0.1) is 0 Å². The van der Waals surface area contributed by atoms with Crippen molar-refractivity contribution in [1.82, 2.24) is 4.90 Å². The van der Waals surface area contributed by atoms with Gasteiger partial charge in [-0.05, 0) is 43.0 Å². The topological polar surface area (TPSA) is 32.3 Å². The maximum Gasteiger partial charge on any atom is 0.219 e. The Morgan fingerprint density at radius 3 is 2.89 bits per heavy atom. The van der Waals surface area contributed by atoms with Crippen LogP contribution in [0.4, 0.5) is 5.69 Å². The maximum absolute atomic E-state index is 11.4. The molecular weight excluding hydrogens is 224 g/mol. The average Bonchev–Trinajstić information content (AvgIpc) is 2.37. The predicted molar refractivity (Wildman–Crippen MR) is 74.6 cm³/mol. The van der Waals surface area contributed by atoms with Crippen LogP contribution in [0.25, 0.3) is 0 Å². The lowest BCUT2D eigenvalue weighted by Crippen LogP contribution is -2.34. The molecule has 0 saturated carbocycles. The number of hydrogen-bond acceptors (Lipinski definition) is 2. The molecule has 0 radical (unpaired) electrons. The Hall–Kier alpha value is -1.51. The lowest BCUT2D eigenvalue weighted by Gasteiger charge is -2.28. The number of anilines is 1. The first-order valence-corrected chi connectivity index (χ1v) is 6.74. The van der Waals surface area contributed by atoms with E-state index in [0.29, 0.717) is 6.04 Å². The summed E-state index contributed by atoms with van der Waals surface area (Å²) >= 11 is 0. The molecule has 3 nitrogen and oxygen atoms in total. The molecule has 3 heteroatoms. The summed E-state index contributed by atoms with van der Waals surface area (Å²) in [5.41, 5.74) is 3.85. The van der Waals surface area contributed by atoms with Crippen LogP contribution in [0.1, 0.15) is 38.3 Å². The Morgan fingerprint density at radius 2 is 2.22 bits per heavy atom. The molecule has 1 heterocycles. The fourth-order valence-electron chi connectivity index (χ4n) is 2.30. The number of benzene rings is 1. The SMILES string of the molecule is CCC(C)Nc1ccc2c(c1)CCN(C(C)=O)C2. The highest BCUT2D eigenvalue weighted by Crippen LogP contribution is 2.23. The molecule has 2 rings (SSSR count). The summed E-state index contributed by atoms with van der Waals surface area (Å²) in [5, 5.41) is 3.50. The van der Waals surface area contributed by atoms with E-state index in [1.807, 2.05) is 4.90 Å². The Morgan fingerprint density at radius 1 is 1.44 bits per heavy atom. The highest BCUT2D eigenvalue weighted by atomic mass is 16.2. The van der Waals surface area contributed by atoms with Gasteiger partial charge in [-0.3, -0.25) is 4.79 Å². The van der Waals surface area contributed by atoms with E-state index in [1.54, 1.807) is 6.92 Å². The van der Waals surface area contributed by atoms with Crippen molar-refractivity contribution in [2.45, 2.75) is 46.2 Å². The molecule has 1 amide bonds. The van der Waals surface area contributed by atoms with Gasteiger partial charge in [0.05, 0.1) is 0 Å². The minimum absolute atomic E-state index is 0.169. The lowest BCUT2D eigenvalue weighted by molar-refractivity contribution is -0.129. The Labute approximate surface area is 109 Å². The lowest BCUT2D eigenvalue weighted by atomic mass is 9.99. The van der Waals surface area contributed by atoms with E-state index in [4.69, 9.17) is 0 Å². The molecule has 1 aromatic rings. The number of nitrogens with one attached hydrogen (secondary N) is 1. The van der Waals surface area contributed by atoms with Crippen LogP contribution >= 0.6 is 0 Å². The van der Waals surface area contributed by atoms with Crippen LogP contribution in [-0.4, -0.2) is 23.4 Å². The van der Waals surface area contributed by atoms with Crippen LogP contribution in [0.2, 0.25) is 0 Å². The fraction of sp³-hybridized carbons (Fsp3) is 0.533. The zero-order valence-corrected chi connectivity index (χ0v) is 11.5. The van der Waals surface area contributed by atoms with Crippen molar-refractivity contribution in [1.29, 1.82) is 0 Å². The number of carbonyl (C=O) groups excluding carboxylic acids is 1. The summed E-state index contributed by atoms with van der Waals surface area (Å²) in [6, 6.07) is 7.00. The highest BCUT2D eigenvalue weighted by Gasteiger charge is 2.18. The van der Waals surface area contributed by atoms with E-state index >= 15 is 0 Å². The zero-order chi connectivity index (χ0) is 13.1. The molecule has 0 saturated heterocycles. The zero-order valence-electron chi connectivity index (χ0n) is 11.5. The van der Waals surface area contributed by atoms with Crippen LogP contribution < -0.4 is 5.32 Å². The van der Waals surface area contributed by atoms with Crippen molar-refractivity contribution in [3.63, 3.8) is 0 Å². The number of rotatable bonds is 3. The average molecular weight is 246 g/mol. The first-order chi connectivity index (χ1) is 8.60. The summed E-state index contributed by atoms with van der Waals surface area (Å²) in [5.74, 6) is 0.169. The van der Waals surface area contributed by atoms with E-state index < -0.39 is 0 Å². The Balaban J connectivity index is 2.12. The highest BCUT2D eigenvalue weighted by molar-refractivity contribution is 5.73. The third kappa shape index (κ3) is 2.84. The first-order valence-electron chi connectivity index (χ1n) is 6.74. The van der Waals surface area contributed by atoms with Gasteiger partial charge in [0.2, 0.25) is 5.91 Å². The molecule has 0 aromatic heterocycles. The normalized spacial score (nSPS) is 16.1. The van der Waals surface area contributed by atoms with Gasteiger partial charge in [0, 0.05) is 31.7 Å². The van der Waals surface area contributed by atoms with Crippen LogP contribution in [0, 0.1) is 0 Å². The molecule has 18 heavy (non-hydrogen) atoms. The number of fused-ring (bicyclic) bond motifs is 1. The van der Waals surface area contributed by atoms with Gasteiger partial charge in [0.1, 0.15) is 0 Å². The predicted octanol–water partition coefficient (Wildman–Crippen LogP) is 2.80.